The van der Waals surface area contributed by atoms with Crippen LogP contribution in [0.3, 0.4) is 0 Å². The Balaban J connectivity index is 1.61. The van der Waals surface area contributed by atoms with Gasteiger partial charge < -0.3 is 9.80 Å². The van der Waals surface area contributed by atoms with E-state index in [0.717, 1.165) is 30.2 Å². The van der Waals surface area contributed by atoms with Crippen molar-refractivity contribution in [3.05, 3.63) is 59.3 Å². The van der Waals surface area contributed by atoms with Crippen molar-refractivity contribution < 1.29 is 4.79 Å². The van der Waals surface area contributed by atoms with Crippen LogP contribution in [0.5, 0.6) is 0 Å². The molecule has 3 rings (SSSR count). The Hall–Kier alpha value is -2.52. The highest BCUT2D eigenvalue weighted by Crippen LogP contribution is 2.17. The maximum atomic E-state index is 12.7. The summed E-state index contributed by atoms with van der Waals surface area (Å²) in [6, 6.07) is 13.5. The molecule has 1 amide bonds. The minimum absolute atomic E-state index is 0.0779. The van der Waals surface area contributed by atoms with E-state index in [0.29, 0.717) is 18.7 Å². The molecule has 1 aliphatic rings. The molecule has 0 saturated carbocycles. The standard InChI is InChI=1S/C19H20N4OS/c1-25-14-15-2-4-17(5-3-15)19(24)23-10-8-22(9-11-23)18-12-16(13-20)6-7-21-18/h2-7,12H,8-11,14H2,1H3. The lowest BCUT2D eigenvalue weighted by molar-refractivity contribution is 0.0746. The summed E-state index contributed by atoms with van der Waals surface area (Å²) in [6.45, 7) is 2.75. The Bertz CT molecular complexity index is 777. The SMILES string of the molecule is CSCc1ccc(C(=O)N2CCN(c3cc(C#N)ccn3)CC2)cc1. The van der Waals surface area contributed by atoms with E-state index in [1.807, 2.05) is 29.2 Å². The van der Waals surface area contributed by atoms with Gasteiger partial charge >= 0.3 is 0 Å². The van der Waals surface area contributed by atoms with Crippen LogP contribution in [-0.4, -0.2) is 48.2 Å². The zero-order chi connectivity index (χ0) is 17.6. The van der Waals surface area contributed by atoms with Crippen molar-refractivity contribution in [2.75, 3.05) is 37.3 Å². The number of pyridine rings is 1. The van der Waals surface area contributed by atoms with Crippen LogP contribution in [0.2, 0.25) is 0 Å². The van der Waals surface area contributed by atoms with Crippen molar-refractivity contribution >= 4 is 23.5 Å². The number of hydrogen-bond acceptors (Lipinski definition) is 5. The van der Waals surface area contributed by atoms with Crippen molar-refractivity contribution in [2.45, 2.75) is 5.75 Å². The van der Waals surface area contributed by atoms with Gasteiger partial charge in [0, 0.05) is 43.7 Å². The van der Waals surface area contributed by atoms with Crippen molar-refractivity contribution in [2.24, 2.45) is 0 Å². The van der Waals surface area contributed by atoms with Crippen LogP contribution in [0, 0.1) is 11.3 Å². The molecule has 0 atom stereocenters. The van der Waals surface area contributed by atoms with E-state index in [2.05, 4.69) is 22.2 Å². The van der Waals surface area contributed by atoms with Crippen LogP contribution in [0.4, 0.5) is 5.82 Å². The van der Waals surface area contributed by atoms with Gasteiger partial charge in [-0.25, -0.2) is 4.98 Å². The first-order chi connectivity index (χ1) is 12.2. The lowest BCUT2D eigenvalue weighted by Gasteiger charge is -2.35. The molecule has 1 aromatic carbocycles. The van der Waals surface area contributed by atoms with Crippen LogP contribution in [0.15, 0.2) is 42.6 Å². The second kappa shape index (κ2) is 8.04. The van der Waals surface area contributed by atoms with Gasteiger partial charge in [-0.1, -0.05) is 12.1 Å². The predicted molar refractivity (Wildman–Crippen MR) is 101 cm³/mol. The lowest BCUT2D eigenvalue weighted by atomic mass is 10.1. The van der Waals surface area contributed by atoms with Crippen LogP contribution < -0.4 is 4.90 Å². The molecule has 128 valence electrons. The molecule has 0 N–H and O–H groups in total. The van der Waals surface area contributed by atoms with Gasteiger partial charge in [-0.3, -0.25) is 4.79 Å². The monoisotopic (exact) mass is 352 g/mol. The number of aromatic nitrogens is 1. The highest BCUT2D eigenvalue weighted by molar-refractivity contribution is 7.97. The summed E-state index contributed by atoms with van der Waals surface area (Å²) < 4.78 is 0. The zero-order valence-electron chi connectivity index (χ0n) is 14.2. The number of benzene rings is 1. The predicted octanol–water partition coefficient (Wildman–Crippen LogP) is 2.78. The number of nitriles is 1. The number of carbonyl (C=O) groups is 1. The highest BCUT2D eigenvalue weighted by atomic mass is 32.2. The maximum absolute atomic E-state index is 12.7. The average molecular weight is 352 g/mol. The van der Waals surface area contributed by atoms with E-state index >= 15 is 0 Å². The van der Waals surface area contributed by atoms with E-state index in [1.54, 1.807) is 30.1 Å². The summed E-state index contributed by atoms with van der Waals surface area (Å²) in [6.07, 6.45) is 3.72. The molecule has 0 bridgehead atoms. The molecule has 0 aliphatic carbocycles. The van der Waals surface area contributed by atoms with Gasteiger partial charge in [-0.05, 0) is 36.1 Å². The third-order valence-corrected chi connectivity index (χ3v) is 4.90. The minimum atomic E-state index is 0.0779. The summed E-state index contributed by atoms with van der Waals surface area (Å²) in [7, 11) is 0. The Kier molecular flexibility index (Phi) is 5.56. The molecular weight excluding hydrogens is 332 g/mol. The quantitative estimate of drug-likeness (QED) is 0.847. The van der Waals surface area contributed by atoms with Crippen LogP contribution >= 0.6 is 11.8 Å². The van der Waals surface area contributed by atoms with Gasteiger partial charge in [0.05, 0.1) is 11.6 Å². The van der Waals surface area contributed by atoms with Gasteiger partial charge in [-0.2, -0.15) is 17.0 Å². The van der Waals surface area contributed by atoms with Gasteiger partial charge in [0.2, 0.25) is 0 Å². The maximum Gasteiger partial charge on any atom is 0.253 e. The largest absolute Gasteiger partial charge is 0.353 e. The second-order valence-corrected chi connectivity index (χ2v) is 6.79. The summed E-state index contributed by atoms with van der Waals surface area (Å²) in [4.78, 5) is 21.0. The first-order valence-corrected chi connectivity index (χ1v) is 9.59. The molecule has 1 aromatic heterocycles. The van der Waals surface area contributed by atoms with E-state index in [9.17, 15) is 4.79 Å². The lowest BCUT2D eigenvalue weighted by Crippen LogP contribution is -2.49. The third kappa shape index (κ3) is 4.12. The number of rotatable bonds is 4. The van der Waals surface area contributed by atoms with Crippen molar-refractivity contribution in [3.8, 4) is 6.07 Å². The minimum Gasteiger partial charge on any atom is -0.353 e. The van der Waals surface area contributed by atoms with E-state index in [1.165, 1.54) is 5.56 Å². The summed E-state index contributed by atoms with van der Waals surface area (Å²) in [5.74, 6) is 1.84. The van der Waals surface area contributed by atoms with Gasteiger partial charge in [0.15, 0.2) is 0 Å². The molecule has 6 heteroatoms. The normalized spacial score (nSPS) is 14.2. The fourth-order valence-electron chi connectivity index (χ4n) is 2.89. The van der Waals surface area contributed by atoms with Gasteiger partial charge in [-0.15, -0.1) is 0 Å². The number of amides is 1. The molecule has 2 aromatic rings. The summed E-state index contributed by atoms with van der Waals surface area (Å²) in [5, 5.41) is 9.00. The number of thioether (sulfide) groups is 1. The van der Waals surface area contributed by atoms with Crippen molar-refractivity contribution in [1.29, 1.82) is 5.26 Å². The number of anilines is 1. The average Bonchev–Trinajstić information content (AvgIpc) is 2.68. The summed E-state index contributed by atoms with van der Waals surface area (Å²) >= 11 is 1.77. The Labute approximate surface area is 152 Å². The summed E-state index contributed by atoms with van der Waals surface area (Å²) in [5.41, 5.74) is 2.58. The Morgan fingerprint density at radius 1 is 1.20 bits per heavy atom. The molecule has 0 unspecified atom stereocenters. The van der Waals surface area contributed by atoms with Gasteiger partial charge in [0.25, 0.3) is 5.91 Å². The smallest absolute Gasteiger partial charge is 0.253 e. The van der Waals surface area contributed by atoms with Crippen molar-refractivity contribution in [1.82, 2.24) is 9.88 Å². The fourth-order valence-corrected chi connectivity index (χ4v) is 3.42. The molecular formula is C19H20N4OS. The topological polar surface area (TPSA) is 60.2 Å². The molecule has 1 saturated heterocycles. The number of carbonyl (C=O) groups excluding carboxylic acids is 1. The molecule has 2 heterocycles. The van der Waals surface area contributed by atoms with E-state index in [4.69, 9.17) is 5.26 Å². The van der Waals surface area contributed by atoms with Crippen LogP contribution in [0.25, 0.3) is 0 Å². The first kappa shape index (κ1) is 17.3. The van der Waals surface area contributed by atoms with Crippen LogP contribution in [-0.2, 0) is 5.75 Å². The Morgan fingerprint density at radius 3 is 2.56 bits per heavy atom. The van der Waals surface area contributed by atoms with Gasteiger partial charge in [0.1, 0.15) is 5.82 Å². The number of hydrogen-bond donors (Lipinski definition) is 0. The van der Waals surface area contributed by atoms with Crippen LogP contribution in [0.1, 0.15) is 21.5 Å². The molecule has 25 heavy (non-hydrogen) atoms. The third-order valence-electron chi connectivity index (χ3n) is 4.28. The van der Waals surface area contributed by atoms with E-state index < -0.39 is 0 Å². The highest BCUT2D eigenvalue weighted by Gasteiger charge is 2.22. The number of piperazine rings is 1. The molecule has 1 aliphatic heterocycles. The first-order valence-electron chi connectivity index (χ1n) is 8.19. The molecule has 0 spiro atoms. The van der Waals surface area contributed by atoms with Crippen molar-refractivity contribution in [3.63, 3.8) is 0 Å². The number of nitrogens with zero attached hydrogens (tertiary/aromatic N) is 4. The molecule has 0 radical (unpaired) electrons. The van der Waals surface area contributed by atoms with E-state index in [-0.39, 0.29) is 5.91 Å². The molecule has 5 nitrogen and oxygen atoms in total. The fraction of sp³-hybridized carbons (Fsp3) is 0.316. The molecule has 1 fully saturated rings. The Morgan fingerprint density at radius 2 is 1.92 bits per heavy atom. The zero-order valence-corrected chi connectivity index (χ0v) is 15.0. The second-order valence-electron chi connectivity index (χ2n) is 5.92.